The van der Waals surface area contributed by atoms with Crippen molar-refractivity contribution in [1.82, 2.24) is 14.7 Å². The van der Waals surface area contributed by atoms with Crippen LogP contribution in [-0.2, 0) is 13.1 Å². The molecule has 0 bridgehead atoms. The highest BCUT2D eigenvalue weighted by Gasteiger charge is 2.19. The largest absolute Gasteiger partial charge is 0.369 e. The topological polar surface area (TPSA) is 24.3 Å². The van der Waals surface area contributed by atoms with Crippen LogP contribution in [0.2, 0.25) is 5.02 Å². The third kappa shape index (κ3) is 3.77. The average molecular weight is 331 g/mol. The first-order valence-electron chi connectivity index (χ1n) is 8.02. The highest BCUT2D eigenvalue weighted by Crippen LogP contribution is 2.21. The maximum atomic E-state index is 6.09. The molecule has 4 nitrogen and oxygen atoms in total. The Hall–Kier alpha value is -1.78. The van der Waals surface area contributed by atoms with Gasteiger partial charge in [-0.05, 0) is 25.1 Å². The zero-order chi connectivity index (χ0) is 16.2. The minimum absolute atomic E-state index is 0.772. The number of allylic oxidation sites excluding steroid dienone is 1. The molecule has 0 radical (unpaired) electrons. The monoisotopic (exact) mass is 330 g/mol. The van der Waals surface area contributed by atoms with Crippen molar-refractivity contribution in [3.63, 3.8) is 0 Å². The van der Waals surface area contributed by atoms with Gasteiger partial charge in [-0.25, -0.2) is 0 Å². The lowest BCUT2D eigenvalue weighted by molar-refractivity contribution is 0.249. The van der Waals surface area contributed by atoms with Crippen LogP contribution in [0, 0.1) is 6.92 Å². The van der Waals surface area contributed by atoms with Crippen molar-refractivity contribution in [3.05, 3.63) is 59.4 Å². The Morgan fingerprint density at radius 2 is 2.04 bits per heavy atom. The molecule has 0 aliphatic carbocycles. The minimum atomic E-state index is 0.772. The molecule has 23 heavy (non-hydrogen) atoms. The number of rotatable bonds is 5. The molecule has 0 saturated carbocycles. The van der Waals surface area contributed by atoms with E-state index in [1.807, 2.05) is 35.2 Å². The normalized spacial score (nSPS) is 15.8. The number of hydrogen-bond acceptors (Lipinski definition) is 3. The predicted molar refractivity (Wildman–Crippen MR) is 96.1 cm³/mol. The van der Waals surface area contributed by atoms with Crippen molar-refractivity contribution in [2.75, 3.05) is 31.1 Å². The van der Waals surface area contributed by atoms with Gasteiger partial charge in [0.05, 0.1) is 12.7 Å². The van der Waals surface area contributed by atoms with Gasteiger partial charge < -0.3 is 4.90 Å². The number of piperazine rings is 1. The van der Waals surface area contributed by atoms with Crippen LogP contribution in [0.15, 0.2) is 43.1 Å². The quantitative estimate of drug-likeness (QED) is 0.786. The summed E-state index contributed by atoms with van der Waals surface area (Å²) in [6.45, 7) is 11.8. The average Bonchev–Trinajstić information content (AvgIpc) is 2.89. The molecular weight excluding hydrogens is 308 g/mol. The van der Waals surface area contributed by atoms with Crippen LogP contribution >= 0.6 is 11.6 Å². The van der Waals surface area contributed by atoms with Crippen molar-refractivity contribution < 1.29 is 0 Å². The van der Waals surface area contributed by atoms with Crippen LogP contribution in [-0.4, -0.2) is 40.9 Å². The molecule has 0 unspecified atom stereocenters. The van der Waals surface area contributed by atoms with Gasteiger partial charge >= 0.3 is 0 Å². The standard InChI is InChI=1S/C18H23ClN4/c1-3-7-23-15(2)16(13-20-23)14-21-8-10-22(11-9-21)18-6-4-5-17(19)12-18/h3-6,12-13H,1,7-11,14H2,2H3. The van der Waals surface area contributed by atoms with Crippen molar-refractivity contribution in [1.29, 1.82) is 0 Å². The Morgan fingerprint density at radius 3 is 2.74 bits per heavy atom. The van der Waals surface area contributed by atoms with Gasteiger partial charge in [0.2, 0.25) is 0 Å². The van der Waals surface area contributed by atoms with Crippen LogP contribution in [0.25, 0.3) is 0 Å². The number of nitrogens with zero attached hydrogens (tertiary/aromatic N) is 4. The van der Waals surface area contributed by atoms with Crippen LogP contribution in [0.1, 0.15) is 11.3 Å². The van der Waals surface area contributed by atoms with Gasteiger partial charge in [-0.3, -0.25) is 9.58 Å². The second-order valence-corrected chi connectivity index (χ2v) is 6.41. The van der Waals surface area contributed by atoms with Gasteiger partial charge in [0.1, 0.15) is 0 Å². The SMILES string of the molecule is C=CCn1ncc(CN2CCN(c3cccc(Cl)c3)CC2)c1C. The first kappa shape index (κ1) is 16.1. The van der Waals surface area contributed by atoms with Crippen LogP contribution < -0.4 is 4.90 Å². The Bertz CT molecular complexity index is 671. The van der Waals surface area contributed by atoms with Crippen LogP contribution in [0.5, 0.6) is 0 Å². The summed E-state index contributed by atoms with van der Waals surface area (Å²) in [6.07, 6.45) is 3.87. The van der Waals surface area contributed by atoms with E-state index in [-0.39, 0.29) is 0 Å². The first-order chi connectivity index (χ1) is 11.2. The van der Waals surface area contributed by atoms with Crippen LogP contribution in [0.4, 0.5) is 5.69 Å². The Balaban J connectivity index is 1.58. The maximum Gasteiger partial charge on any atom is 0.0590 e. The summed E-state index contributed by atoms with van der Waals surface area (Å²) in [7, 11) is 0. The first-order valence-corrected chi connectivity index (χ1v) is 8.40. The van der Waals surface area contributed by atoms with E-state index in [0.717, 1.165) is 44.3 Å². The van der Waals surface area contributed by atoms with Crippen LogP contribution in [0.3, 0.4) is 0 Å². The molecule has 3 rings (SSSR count). The Kier molecular flexibility index (Phi) is 5.03. The summed E-state index contributed by atoms with van der Waals surface area (Å²) < 4.78 is 2.00. The van der Waals surface area contributed by atoms with E-state index in [2.05, 4.69) is 34.5 Å². The lowest BCUT2D eigenvalue weighted by Gasteiger charge is -2.36. The molecule has 0 spiro atoms. The molecule has 1 aliphatic heterocycles. The zero-order valence-electron chi connectivity index (χ0n) is 13.6. The zero-order valence-corrected chi connectivity index (χ0v) is 14.3. The van der Waals surface area contributed by atoms with E-state index in [1.165, 1.54) is 16.9 Å². The summed E-state index contributed by atoms with van der Waals surface area (Å²) >= 11 is 6.09. The van der Waals surface area contributed by atoms with E-state index in [0.29, 0.717) is 0 Å². The Morgan fingerprint density at radius 1 is 1.26 bits per heavy atom. The fourth-order valence-corrected chi connectivity index (χ4v) is 3.21. The fourth-order valence-electron chi connectivity index (χ4n) is 3.02. The number of benzene rings is 1. The third-order valence-electron chi connectivity index (χ3n) is 4.45. The fraction of sp³-hybridized carbons (Fsp3) is 0.389. The number of halogens is 1. The molecule has 0 amide bonds. The van der Waals surface area contributed by atoms with Crippen molar-refractivity contribution in [2.24, 2.45) is 0 Å². The van der Waals surface area contributed by atoms with E-state index in [4.69, 9.17) is 11.6 Å². The molecule has 122 valence electrons. The molecule has 1 aromatic carbocycles. The minimum Gasteiger partial charge on any atom is -0.369 e. The summed E-state index contributed by atoms with van der Waals surface area (Å²) in [4.78, 5) is 4.89. The van der Waals surface area contributed by atoms with Gasteiger partial charge in [-0.15, -0.1) is 6.58 Å². The van der Waals surface area contributed by atoms with Gasteiger partial charge in [0.25, 0.3) is 0 Å². The maximum absolute atomic E-state index is 6.09. The van der Waals surface area contributed by atoms with Crippen molar-refractivity contribution in [2.45, 2.75) is 20.0 Å². The summed E-state index contributed by atoms with van der Waals surface area (Å²) in [6, 6.07) is 8.11. The number of aromatic nitrogens is 2. The van der Waals surface area contributed by atoms with E-state index in [9.17, 15) is 0 Å². The number of anilines is 1. The van der Waals surface area contributed by atoms with Gasteiger partial charge in [0.15, 0.2) is 0 Å². The molecule has 2 heterocycles. The molecule has 0 atom stereocenters. The van der Waals surface area contributed by atoms with Gasteiger partial charge in [-0.1, -0.05) is 23.7 Å². The van der Waals surface area contributed by atoms with Gasteiger partial charge in [-0.2, -0.15) is 5.10 Å². The van der Waals surface area contributed by atoms with E-state index in [1.54, 1.807) is 0 Å². The molecule has 1 saturated heterocycles. The predicted octanol–water partition coefficient (Wildman–Crippen LogP) is 3.35. The molecule has 5 heteroatoms. The summed E-state index contributed by atoms with van der Waals surface area (Å²) in [5.74, 6) is 0. The van der Waals surface area contributed by atoms with Gasteiger partial charge in [0, 0.05) is 54.7 Å². The molecule has 1 fully saturated rings. The lowest BCUT2D eigenvalue weighted by Crippen LogP contribution is -2.46. The van der Waals surface area contributed by atoms with Crippen molar-refractivity contribution >= 4 is 17.3 Å². The molecule has 1 aromatic heterocycles. The summed E-state index contributed by atoms with van der Waals surface area (Å²) in [5.41, 5.74) is 3.76. The second-order valence-electron chi connectivity index (χ2n) is 5.97. The summed E-state index contributed by atoms with van der Waals surface area (Å²) in [5, 5.41) is 5.24. The highest BCUT2D eigenvalue weighted by atomic mass is 35.5. The Labute approximate surface area is 143 Å². The third-order valence-corrected chi connectivity index (χ3v) is 4.68. The van der Waals surface area contributed by atoms with E-state index >= 15 is 0 Å². The van der Waals surface area contributed by atoms with E-state index < -0.39 is 0 Å². The number of hydrogen-bond donors (Lipinski definition) is 0. The smallest absolute Gasteiger partial charge is 0.0590 e. The highest BCUT2D eigenvalue weighted by molar-refractivity contribution is 6.30. The molecule has 1 aliphatic rings. The second kappa shape index (κ2) is 7.20. The molecular formula is C18H23ClN4. The van der Waals surface area contributed by atoms with Crippen molar-refractivity contribution in [3.8, 4) is 0 Å². The lowest BCUT2D eigenvalue weighted by atomic mass is 10.2. The molecule has 2 aromatic rings. The molecule has 0 N–H and O–H groups in total.